The van der Waals surface area contributed by atoms with E-state index in [1.54, 1.807) is 36.4 Å². The second-order valence-corrected chi connectivity index (χ2v) is 18.1. The predicted molar refractivity (Wildman–Crippen MR) is 263 cm³/mol. The first-order valence-electron chi connectivity index (χ1n) is 22.3. The number of hydrogen-bond donors (Lipinski definition) is 5. The van der Waals surface area contributed by atoms with Crippen molar-refractivity contribution in [2.45, 2.75) is 62.9 Å². The molecule has 68 heavy (non-hydrogen) atoms. The second-order valence-electron chi connectivity index (χ2n) is 16.4. The quantitative estimate of drug-likeness (QED) is 0.0608. The fourth-order valence-electron chi connectivity index (χ4n) is 7.90. The molecule has 0 saturated carbocycles. The molecule has 2 unspecified atom stereocenters. The van der Waals surface area contributed by atoms with Crippen molar-refractivity contribution in [2.24, 2.45) is 11.5 Å². The SMILES string of the molecule is NCCCCC(NC(=O)CNC(=O)CNC(=O)CN(CCc1ccc(Cl)cc1Cl)C(=O)C1CC(=O)N(CCc2ccc(Cl)cc2Cl)CC(=O)N1CCC(c1ccccc1)c1ccccc1)C(N)=O. The number of carbonyl (C=O) groups excluding carboxylic acids is 7. The lowest BCUT2D eigenvalue weighted by Gasteiger charge is -2.34. The van der Waals surface area contributed by atoms with Gasteiger partial charge in [-0.15, -0.1) is 0 Å². The molecule has 15 nitrogen and oxygen atoms in total. The van der Waals surface area contributed by atoms with Gasteiger partial charge < -0.3 is 42.1 Å². The van der Waals surface area contributed by atoms with Gasteiger partial charge in [0.15, 0.2) is 0 Å². The second kappa shape index (κ2) is 26.7. The maximum absolute atomic E-state index is 15.1. The van der Waals surface area contributed by atoms with E-state index in [4.69, 9.17) is 57.9 Å². The number of carbonyl (C=O) groups is 7. The van der Waals surface area contributed by atoms with Gasteiger partial charge >= 0.3 is 0 Å². The first kappa shape index (κ1) is 53.2. The van der Waals surface area contributed by atoms with Crippen molar-refractivity contribution in [3.63, 3.8) is 0 Å². The number of benzene rings is 4. The lowest BCUT2D eigenvalue weighted by molar-refractivity contribution is -0.147. The van der Waals surface area contributed by atoms with Crippen LogP contribution in [0.5, 0.6) is 0 Å². The molecule has 362 valence electrons. The zero-order valence-corrected chi connectivity index (χ0v) is 40.5. The minimum atomic E-state index is -1.32. The predicted octanol–water partition coefficient (Wildman–Crippen LogP) is 4.90. The Balaban J connectivity index is 1.38. The van der Waals surface area contributed by atoms with Gasteiger partial charge in [-0.2, -0.15) is 0 Å². The summed E-state index contributed by atoms with van der Waals surface area (Å²) in [5, 5.41) is 8.96. The van der Waals surface area contributed by atoms with Crippen molar-refractivity contribution >= 4 is 87.8 Å². The topological polar surface area (TPSA) is 217 Å². The molecule has 0 bridgehead atoms. The van der Waals surface area contributed by atoms with E-state index in [-0.39, 0.29) is 51.4 Å². The van der Waals surface area contributed by atoms with Crippen LogP contribution >= 0.6 is 46.4 Å². The van der Waals surface area contributed by atoms with Crippen molar-refractivity contribution in [3.05, 3.63) is 139 Å². The van der Waals surface area contributed by atoms with E-state index in [1.807, 2.05) is 60.7 Å². The molecule has 19 heteroatoms. The van der Waals surface area contributed by atoms with Gasteiger partial charge in [-0.1, -0.05) is 119 Å². The van der Waals surface area contributed by atoms with E-state index >= 15 is 4.79 Å². The first-order chi connectivity index (χ1) is 32.6. The number of nitrogens with zero attached hydrogens (tertiary/aromatic N) is 3. The Kier molecular flexibility index (Phi) is 20.9. The van der Waals surface area contributed by atoms with Gasteiger partial charge in [-0.25, -0.2) is 0 Å². The highest BCUT2D eigenvalue weighted by atomic mass is 35.5. The van der Waals surface area contributed by atoms with Crippen LogP contribution in [-0.2, 0) is 46.4 Å². The van der Waals surface area contributed by atoms with Crippen LogP contribution < -0.4 is 27.4 Å². The Labute approximate surface area is 416 Å². The highest BCUT2D eigenvalue weighted by Crippen LogP contribution is 2.30. The Morgan fingerprint density at radius 2 is 1.26 bits per heavy atom. The monoisotopic (exact) mass is 1010 g/mol. The van der Waals surface area contributed by atoms with Crippen LogP contribution in [0, 0.1) is 0 Å². The molecule has 1 heterocycles. The average molecular weight is 1010 g/mol. The van der Waals surface area contributed by atoms with Gasteiger partial charge in [0.05, 0.1) is 32.6 Å². The minimum absolute atomic E-state index is 0.0750. The zero-order chi connectivity index (χ0) is 49.2. The van der Waals surface area contributed by atoms with Crippen LogP contribution in [0.25, 0.3) is 0 Å². The van der Waals surface area contributed by atoms with Gasteiger partial charge in [0, 0.05) is 45.6 Å². The highest BCUT2D eigenvalue weighted by molar-refractivity contribution is 6.35. The number of unbranched alkanes of at least 4 members (excludes halogenated alkanes) is 1. The molecule has 7 N–H and O–H groups in total. The van der Waals surface area contributed by atoms with Crippen LogP contribution in [-0.4, -0.2) is 120 Å². The molecule has 7 amide bonds. The van der Waals surface area contributed by atoms with Crippen molar-refractivity contribution in [1.82, 2.24) is 30.7 Å². The van der Waals surface area contributed by atoms with E-state index in [9.17, 15) is 28.8 Å². The van der Waals surface area contributed by atoms with Crippen LogP contribution in [0.15, 0.2) is 97.1 Å². The zero-order valence-electron chi connectivity index (χ0n) is 37.4. The summed E-state index contributed by atoms with van der Waals surface area (Å²) in [7, 11) is 0. The van der Waals surface area contributed by atoms with Crippen LogP contribution in [0.2, 0.25) is 20.1 Å². The molecule has 2 atom stereocenters. The van der Waals surface area contributed by atoms with Gasteiger partial charge in [-0.05, 0) is 91.6 Å². The standard InChI is InChI=1S/C49H56Cl4N8O7/c50-36-16-14-34(39(52)25-36)18-22-59-31-47(66)61(24-20-38(32-9-3-1-4-10-32)33-11-5-2-6-12-33)42(27-46(59)65)49(68)60(23-19-35-15-17-37(51)26-40(35)53)30-45(64)57-28-43(62)56-29-44(63)58-41(48(55)67)13-7-8-21-54/h1-6,9-12,14-17,25-26,38,41-42H,7-8,13,18-24,27-31,54H2,(H2,55,67)(H,56,62)(H,57,64)(H,58,63). The fourth-order valence-corrected chi connectivity index (χ4v) is 8.91. The molecule has 0 aliphatic carbocycles. The number of nitrogens with one attached hydrogen (secondary N) is 3. The molecule has 0 spiro atoms. The molecular formula is C49H56Cl4N8O7. The number of hydrogen-bond acceptors (Lipinski definition) is 8. The molecule has 4 aromatic carbocycles. The average Bonchev–Trinajstić information content (AvgIpc) is 3.43. The number of rotatable bonds is 24. The van der Waals surface area contributed by atoms with Crippen molar-refractivity contribution in [3.8, 4) is 0 Å². The smallest absolute Gasteiger partial charge is 0.246 e. The van der Waals surface area contributed by atoms with Crippen molar-refractivity contribution in [1.29, 1.82) is 0 Å². The summed E-state index contributed by atoms with van der Waals surface area (Å²) in [5.41, 5.74) is 14.3. The third-order valence-electron chi connectivity index (χ3n) is 11.6. The largest absolute Gasteiger partial charge is 0.368 e. The van der Waals surface area contributed by atoms with E-state index in [0.29, 0.717) is 57.9 Å². The van der Waals surface area contributed by atoms with Gasteiger partial charge in [0.2, 0.25) is 41.4 Å². The first-order valence-corrected chi connectivity index (χ1v) is 23.8. The maximum Gasteiger partial charge on any atom is 0.246 e. The molecule has 0 radical (unpaired) electrons. The van der Waals surface area contributed by atoms with Crippen LogP contribution in [0.1, 0.15) is 60.3 Å². The van der Waals surface area contributed by atoms with Gasteiger partial charge in [-0.3, -0.25) is 33.6 Å². The third kappa shape index (κ3) is 16.2. The van der Waals surface area contributed by atoms with Crippen LogP contribution in [0.3, 0.4) is 0 Å². The van der Waals surface area contributed by atoms with Gasteiger partial charge in [0.1, 0.15) is 12.1 Å². The summed E-state index contributed by atoms with van der Waals surface area (Å²) in [6, 6.07) is 27.2. The summed E-state index contributed by atoms with van der Waals surface area (Å²) in [4.78, 5) is 98.7. The molecule has 5 rings (SSSR count). The molecule has 1 aliphatic heterocycles. The summed E-state index contributed by atoms with van der Waals surface area (Å²) < 4.78 is 0. The van der Waals surface area contributed by atoms with E-state index in [2.05, 4.69) is 16.0 Å². The van der Waals surface area contributed by atoms with Crippen molar-refractivity contribution < 1.29 is 33.6 Å². The molecule has 1 fully saturated rings. The fraction of sp³-hybridized carbons (Fsp3) is 0.367. The van der Waals surface area contributed by atoms with E-state index in [0.717, 1.165) is 16.7 Å². The molecule has 0 aromatic heterocycles. The number of primary amides is 1. The Bertz CT molecular complexity index is 2360. The Hall–Kier alpha value is -5.71. The maximum atomic E-state index is 15.1. The molecular weight excluding hydrogens is 954 g/mol. The number of halogens is 4. The van der Waals surface area contributed by atoms with E-state index < -0.39 is 73.1 Å². The highest BCUT2D eigenvalue weighted by Gasteiger charge is 2.40. The summed E-state index contributed by atoms with van der Waals surface area (Å²) in [5.74, 6) is -4.61. The lowest BCUT2D eigenvalue weighted by Crippen LogP contribution is -2.54. The summed E-state index contributed by atoms with van der Waals surface area (Å²) in [6.45, 7) is -1.39. The van der Waals surface area contributed by atoms with Crippen molar-refractivity contribution in [2.75, 3.05) is 52.4 Å². The minimum Gasteiger partial charge on any atom is -0.368 e. The Morgan fingerprint density at radius 1 is 0.691 bits per heavy atom. The van der Waals surface area contributed by atoms with Gasteiger partial charge in [0.25, 0.3) is 0 Å². The third-order valence-corrected chi connectivity index (χ3v) is 12.8. The normalized spacial score (nSPS) is 14.3. The van der Waals surface area contributed by atoms with Crippen LogP contribution in [0.4, 0.5) is 0 Å². The molecule has 4 aromatic rings. The number of nitrogens with two attached hydrogens (primary N) is 2. The summed E-state index contributed by atoms with van der Waals surface area (Å²) >= 11 is 25.3. The molecule has 1 saturated heterocycles. The van der Waals surface area contributed by atoms with E-state index in [1.165, 1.54) is 14.7 Å². The Morgan fingerprint density at radius 3 is 1.84 bits per heavy atom. The lowest BCUT2D eigenvalue weighted by atomic mass is 9.88. The molecule has 1 aliphatic rings. The number of amides is 7. The summed E-state index contributed by atoms with van der Waals surface area (Å²) in [6.07, 6.45) is 1.96.